The van der Waals surface area contributed by atoms with Crippen LogP contribution in [0.2, 0.25) is 0 Å². The second-order valence-corrected chi connectivity index (χ2v) is 2.58. The highest BCUT2D eigenvalue weighted by atomic mass is 16.2. The molecule has 1 fully saturated rings. The fourth-order valence-electron chi connectivity index (χ4n) is 0.803. The van der Waals surface area contributed by atoms with Crippen LogP contribution in [0.1, 0.15) is 6.92 Å². The van der Waals surface area contributed by atoms with Gasteiger partial charge >= 0.3 is 6.03 Å². The maximum atomic E-state index is 10.9. The van der Waals surface area contributed by atoms with Gasteiger partial charge in [0.25, 0.3) is 5.91 Å². The molecule has 11 heavy (non-hydrogen) atoms. The van der Waals surface area contributed by atoms with Gasteiger partial charge in [0, 0.05) is 7.05 Å². The Morgan fingerprint density at radius 2 is 2.09 bits per heavy atom. The maximum Gasteiger partial charge on any atom is 0.325 e. The zero-order valence-electron chi connectivity index (χ0n) is 6.25. The highest BCUT2D eigenvalue weighted by Gasteiger charge is 2.47. The Bertz CT molecular complexity index is 238. The number of aldehydes is 1. The number of hydrogen-bond donors (Lipinski definition) is 1. The van der Waals surface area contributed by atoms with Gasteiger partial charge in [0.2, 0.25) is 0 Å². The lowest BCUT2D eigenvalue weighted by Crippen LogP contribution is -2.46. The molecule has 60 valence electrons. The maximum absolute atomic E-state index is 10.9. The summed E-state index contributed by atoms with van der Waals surface area (Å²) in [6.07, 6.45) is 0.452. The van der Waals surface area contributed by atoms with Gasteiger partial charge in [0.1, 0.15) is 0 Å². The van der Waals surface area contributed by atoms with E-state index in [0.717, 1.165) is 4.90 Å². The van der Waals surface area contributed by atoms with Crippen molar-refractivity contribution in [2.45, 2.75) is 12.5 Å². The number of carbonyl (C=O) groups excluding carboxylic acids is 3. The van der Waals surface area contributed by atoms with Crippen LogP contribution >= 0.6 is 0 Å². The molecule has 1 heterocycles. The van der Waals surface area contributed by atoms with Gasteiger partial charge in [-0.25, -0.2) is 4.79 Å². The SMILES string of the molecule is CN1C(=O)NC(=O)C1(C)C=O. The summed E-state index contributed by atoms with van der Waals surface area (Å²) in [5.74, 6) is -0.569. The summed E-state index contributed by atoms with van der Waals surface area (Å²) in [5.41, 5.74) is -1.32. The zero-order valence-corrected chi connectivity index (χ0v) is 6.25. The number of imide groups is 1. The Morgan fingerprint density at radius 1 is 1.55 bits per heavy atom. The van der Waals surface area contributed by atoms with Gasteiger partial charge < -0.3 is 9.69 Å². The standard InChI is InChI=1S/C6H8N2O3/c1-6(3-9)4(10)7-5(11)8(6)2/h3H,1-2H3,(H,7,10,11). The number of nitrogens with zero attached hydrogens (tertiary/aromatic N) is 1. The molecule has 0 aromatic rings. The van der Waals surface area contributed by atoms with Crippen LogP contribution in [0.3, 0.4) is 0 Å². The predicted octanol–water partition coefficient (Wildman–Crippen LogP) is -0.874. The Morgan fingerprint density at radius 3 is 2.27 bits per heavy atom. The molecule has 1 saturated heterocycles. The lowest BCUT2D eigenvalue weighted by molar-refractivity contribution is -0.131. The minimum atomic E-state index is -1.32. The van der Waals surface area contributed by atoms with E-state index in [9.17, 15) is 14.4 Å². The second-order valence-electron chi connectivity index (χ2n) is 2.58. The van der Waals surface area contributed by atoms with Crippen molar-refractivity contribution >= 4 is 18.2 Å². The van der Waals surface area contributed by atoms with Gasteiger partial charge in [-0.05, 0) is 6.92 Å². The third-order valence-corrected chi connectivity index (χ3v) is 1.91. The predicted molar refractivity (Wildman–Crippen MR) is 35.8 cm³/mol. The summed E-state index contributed by atoms with van der Waals surface area (Å²) in [5, 5.41) is 2.02. The van der Waals surface area contributed by atoms with E-state index in [2.05, 4.69) is 0 Å². The Labute approximate surface area is 63.4 Å². The number of hydrogen-bond acceptors (Lipinski definition) is 3. The number of rotatable bonds is 1. The first-order chi connectivity index (χ1) is 5.02. The molecule has 0 radical (unpaired) electrons. The summed E-state index contributed by atoms with van der Waals surface area (Å²) in [6, 6.07) is -0.537. The highest BCUT2D eigenvalue weighted by Crippen LogP contribution is 2.15. The highest BCUT2D eigenvalue weighted by molar-refractivity contribution is 6.14. The minimum Gasteiger partial charge on any atom is -0.307 e. The van der Waals surface area contributed by atoms with Crippen LogP contribution < -0.4 is 5.32 Å². The van der Waals surface area contributed by atoms with Gasteiger partial charge in [-0.2, -0.15) is 0 Å². The van der Waals surface area contributed by atoms with Gasteiger partial charge in [0.05, 0.1) is 0 Å². The molecule has 1 aliphatic rings. The number of likely N-dealkylation sites (N-methyl/N-ethyl adjacent to an activating group) is 1. The lowest BCUT2D eigenvalue weighted by Gasteiger charge is -2.20. The van der Waals surface area contributed by atoms with Crippen LogP contribution in [0.15, 0.2) is 0 Å². The van der Waals surface area contributed by atoms with Gasteiger partial charge in [-0.1, -0.05) is 0 Å². The fourth-order valence-corrected chi connectivity index (χ4v) is 0.803. The molecule has 0 aromatic carbocycles. The molecule has 5 heteroatoms. The molecule has 0 saturated carbocycles. The molecule has 1 N–H and O–H groups in total. The van der Waals surface area contributed by atoms with Crippen molar-refractivity contribution < 1.29 is 14.4 Å². The van der Waals surface area contributed by atoms with E-state index in [0.29, 0.717) is 6.29 Å². The molecule has 1 rings (SSSR count). The van der Waals surface area contributed by atoms with E-state index >= 15 is 0 Å². The molecular weight excluding hydrogens is 148 g/mol. The van der Waals surface area contributed by atoms with Crippen molar-refractivity contribution in [1.82, 2.24) is 10.2 Å². The summed E-state index contributed by atoms with van der Waals surface area (Å²) in [4.78, 5) is 33.2. The van der Waals surface area contributed by atoms with E-state index in [1.54, 1.807) is 0 Å². The van der Waals surface area contributed by atoms with Crippen LogP contribution in [0.5, 0.6) is 0 Å². The molecule has 1 unspecified atom stereocenters. The van der Waals surface area contributed by atoms with E-state index in [4.69, 9.17) is 0 Å². The van der Waals surface area contributed by atoms with Crippen molar-refractivity contribution in [3.63, 3.8) is 0 Å². The Balaban J connectivity index is 3.05. The smallest absolute Gasteiger partial charge is 0.307 e. The minimum absolute atomic E-state index is 0.452. The number of nitrogens with one attached hydrogen (secondary N) is 1. The fraction of sp³-hybridized carbons (Fsp3) is 0.500. The lowest BCUT2D eigenvalue weighted by atomic mass is 10.1. The monoisotopic (exact) mass is 156 g/mol. The van der Waals surface area contributed by atoms with Crippen molar-refractivity contribution in [3.05, 3.63) is 0 Å². The molecule has 0 aliphatic carbocycles. The van der Waals surface area contributed by atoms with Crippen LogP contribution in [0.25, 0.3) is 0 Å². The topological polar surface area (TPSA) is 66.5 Å². The molecular formula is C6H8N2O3. The summed E-state index contributed by atoms with van der Waals surface area (Å²) in [6.45, 7) is 1.39. The van der Waals surface area contributed by atoms with Gasteiger partial charge in [0.15, 0.2) is 11.8 Å². The van der Waals surface area contributed by atoms with E-state index in [1.165, 1.54) is 14.0 Å². The average Bonchev–Trinajstić information content (AvgIpc) is 2.16. The first kappa shape index (κ1) is 7.71. The van der Waals surface area contributed by atoms with Crippen LogP contribution in [-0.4, -0.2) is 35.7 Å². The molecule has 1 atom stereocenters. The molecule has 0 aromatic heterocycles. The number of amides is 3. The average molecular weight is 156 g/mol. The molecule has 0 spiro atoms. The Kier molecular flexibility index (Phi) is 1.44. The summed E-state index contributed by atoms with van der Waals surface area (Å²) >= 11 is 0. The van der Waals surface area contributed by atoms with Crippen molar-refractivity contribution in [1.29, 1.82) is 0 Å². The normalized spacial score (nSPS) is 30.5. The Hall–Kier alpha value is -1.39. The van der Waals surface area contributed by atoms with Crippen LogP contribution in [0, 0.1) is 0 Å². The summed E-state index contributed by atoms with van der Waals surface area (Å²) in [7, 11) is 1.40. The molecule has 0 bridgehead atoms. The van der Waals surface area contributed by atoms with E-state index in [-0.39, 0.29) is 0 Å². The third kappa shape index (κ3) is 0.806. The molecule has 1 aliphatic heterocycles. The third-order valence-electron chi connectivity index (χ3n) is 1.91. The van der Waals surface area contributed by atoms with Crippen molar-refractivity contribution in [3.8, 4) is 0 Å². The number of carbonyl (C=O) groups is 3. The number of urea groups is 1. The van der Waals surface area contributed by atoms with E-state index in [1.807, 2.05) is 5.32 Å². The van der Waals surface area contributed by atoms with Crippen LogP contribution in [0.4, 0.5) is 4.79 Å². The molecule has 5 nitrogen and oxygen atoms in total. The molecule has 3 amide bonds. The first-order valence-electron chi connectivity index (χ1n) is 3.08. The first-order valence-corrected chi connectivity index (χ1v) is 3.08. The largest absolute Gasteiger partial charge is 0.325 e. The zero-order chi connectivity index (χ0) is 8.65. The van der Waals surface area contributed by atoms with Crippen molar-refractivity contribution in [2.24, 2.45) is 0 Å². The van der Waals surface area contributed by atoms with Gasteiger partial charge in [-0.3, -0.25) is 10.1 Å². The van der Waals surface area contributed by atoms with Crippen LogP contribution in [-0.2, 0) is 9.59 Å². The van der Waals surface area contributed by atoms with E-state index < -0.39 is 17.5 Å². The second kappa shape index (κ2) is 2.05. The van der Waals surface area contributed by atoms with Crippen molar-refractivity contribution in [2.75, 3.05) is 7.05 Å². The quantitative estimate of drug-likeness (QED) is 0.305. The van der Waals surface area contributed by atoms with Gasteiger partial charge in [-0.15, -0.1) is 0 Å². The summed E-state index contributed by atoms with van der Waals surface area (Å²) < 4.78 is 0.